The van der Waals surface area contributed by atoms with Crippen LogP contribution >= 0.6 is 11.3 Å². The molecule has 0 bridgehead atoms. The monoisotopic (exact) mass is 302 g/mol. The average molecular weight is 302 g/mol. The average Bonchev–Trinajstić information content (AvgIpc) is 2.79. The van der Waals surface area contributed by atoms with Crippen LogP contribution in [-0.4, -0.2) is 18.0 Å². The van der Waals surface area contributed by atoms with E-state index in [2.05, 4.69) is 58.7 Å². The van der Waals surface area contributed by atoms with Gasteiger partial charge in [-0.3, -0.25) is 4.99 Å². The summed E-state index contributed by atoms with van der Waals surface area (Å²) in [5.74, 6) is 0.795. The molecule has 1 aromatic carbocycles. The Morgan fingerprint density at radius 2 is 1.86 bits per heavy atom. The summed E-state index contributed by atoms with van der Waals surface area (Å²) in [5, 5.41) is 7.72. The second-order valence-corrected chi connectivity index (χ2v) is 6.24. The quantitative estimate of drug-likeness (QED) is 0.674. The van der Waals surface area contributed by atoms with Crippen molar-refractivity contribution in [2.75, 3.05) is 7.05 Å². The topological polar surface area (TPSA) is 49.3 Å². The predicted molar refractivity (Wildman–Crippen MR) is 89.8 cm³/mol. The number of hydrogen-bond acceptors (Lipinski definition) is 3. The molecule has 1 heterocycles. The van der Waals surface area contributed by atoms with E-state index in [1.807, 2.05) is 6.92 Å². The van der Waals surface area contributed by atoms with Gasteiger partial charge in [-0.25, -0.2) is 4.98 Å². The second-order valence-electron chi connectivity index (χ2n) is 4.96. The summed E-state index contributed by atoms with van der Waals surface area (Å²) in [4.78, 5) is 10.0. The lowest BCUT2D eigenvalue weighted by Crippen LogP contribution is -2.36. The summed E-state index contributed by atoms with van der Waals surface area (Å²) < 4.78 is 0. The van der Waals surface area contributed by atoms with E-state index in [1.54, 1.807) is 18.4 Å². The van der Waals surface area contributed by atoms with Gasteiger partial charge in [-0.15, -0.1) is 11.3 Å². The van der Waals surface area contributed by atoms with Gasteiger partial charge in [0.1, 0.15) is 5.01 Å². The van der Waals surface area contributed by atoms with Gasteiger partial charge in [0.25, 0.3) is 0 Å². The van der Waals surface area contributed by atoms with Crippen LogP contribution in [0.5, 0.6) is 0 Å². The summed E-state index contributed by atoms with van der Waals surface area (Å²) >= 11 is 1.73. The molecule has 0 amide bonds. The summed E-state index contributed by atoms with van der Waals surface area (Å²) in [6, 6.07) is 8.36. The Morgan fingerprint density at radius 1 is 1.14 bits per heavy atom. The molecule has 0 aliphatic carbocycles. The molecule has 0 unspecified atom stereocenters. The van der Waals surface area contributed by atoms with Crippen molar-refractivity contribution in [2.24, 2.45) is 4.99 Å². The molecule has 1 aromatic heterocycles. The van der Waals surface area contributed by atoms with Crippen molar-refractivity contribution in [3.63, 3.8) is 0 Å². The van der Waals surface area contributed by atoms with Gasteiger partial charge in [-0.2, -0.15) is 0 Å². The molecule has 2 aromatic rings. The maximum Gasteiger partial charge on any atom is 0.191 e. The molecule has 0 aliphatic rings. The number of nitrogens with one attached hydrogen (secondary N) is 2. The molecule has 2 N–H and O–H groups in total. The number of rotatable bonds is 4. The van der Waals surface area contributed by atoms with E-state index in [4.69, 9.17) is 0 Å². The van der Waals surface area contributed by atoms with Crippen molar-refractivity contribution in [3.8, 4) is 0 Å². The lowest BCUT2D eigenvalue weighted by atomic mass is 10.1. The zero-order valence-electron chi connectivity index (χ0n) is 13.0. The molecule has 4 nitrogen and oxygen atoms in total. The van der Waals surface area contributed by atoms with E-state index in [1.165, 1.54) is 16.0 Å². The van der Waals surface area contributed by atoms with Crippen molar-refractivity contribution in [3.05, 3.63) is 51.0 Å². The van der Waals surface area contributed by atoms with Crippen LogP contribution in [0.15, 0.2) is 29.3 Å². The summed E-state index contributed by atoms with van der Waals surface area (Å²) in [6.07, 6.45) is 0. The van der Waals surface area contributed by atoms with Gasteiger partial charge in [-0.1, -0.05) is 24.3 Å². The first-order valence-corrected chi connectivity index (χ1v) is 7.83. The molecule has 112 valence electrons. The fraction of sp³-hybridized carbons (Fsp3) is 0.375. The standard InChI is InChI=1S/C16H22N4S/c1-11-7-5-6-8-14(11)9-18-16(17-4)19-10-15-20-12(2)13(3)21-15/h5-8H,9-10H2,1-4H3,(H2,17,18,19). The summed E-state index contributed by atoms with van der Waals surface area (Å²) in [5.41, 5.74) is 3.67. The van der Waals surface area contributed by atoms with E-state index >= 15 is 0 Å². The lowest BCUT2D eigenvalue weighted by molar-refractivity contribution is 0.801. The zero-order valence-corrected chi connectivity index (χ0v) is 13.8. The molecule has 5 heteroatoms. The Balaban J connectivity index is 1.88. The molecule has 0 radical (unpaired) electrons. The van der Waals surface area contributed by atoms with Crippen LogP contribution in [-0.2, 0) is 13.1 Å². The van der Waals surface area contributed by atoms with E-state index in [0.717, 1.165) is 23.2 Å². The van der Waals surface area contributed by atoms with Crippen LogP contribution in [0.3, 0.4) is 0 Å². The number of hydrogen-bond donors (Lipinski definition) is 2. The van der Waals surface area contributed by atoms with Crippen LogP contribution in [0.2, 0.25) is 0 Å². The molecular formula is C16H22N4S. The van der Waals surface area contributed by atoms with Crippen LogP contribution in [0.25, 0.3) is 0 Å². The third-order valence-electron chi connectivity index (χ3n) is 3.41. The third kappa shape index (κ3) is 4.29. The van der Waals surface area contributed by atoms with Crippen LogP contribution < -0.4 is 10.6 Å². The van der Waals surface area contributed by atoms with Gasteiger partial charge in [-0.05, 0) is 31.9 Å². The Hall–Kier alpha value is -1.88. The number of aromatic nitrogens is 1. The minimum absolute atomic E-state index is 0.701. The van der Waals surface area contributed by atoms with E-state index in [-0.39, 0.29) is 0 Å². The highest BCUT2D eigenvalue weighted by atomic mass is 32.1. The third-order valence-corrected chi connectivity index (χ3v) is 4.48. The maximum absolute atomic E-state index is 4.52. The first-order valence-electron chi connectivity index (χ1n) is 7.02. The first-order chi connectivity index (χ1) is 10.1. The number of guanidine groups is 1. The number of nitrogens with zero attached hydrogens (tertiary/aromatic N) is 2. The molecule has 0 spiro atoms. The SMILES string of the molecule is CN=C(NCc1nc(C)c(C)s1)NCc1ccccc1C. The van der Waals surface area contributed by atoms with Gasteiger partial charge in [0.15, 0.2) is 5.96 Å². The molecule has 2 rings (SSSR count). The number of aliphatic imine (C=N–C) groups is 1. The molecular weight excluding hydrogens is 280 g/mol. The van der Waals surface area contributed by atoms with Crippen molar-refractivity contribution < 1.29 is 0 Å². The van der Waals surface area contributed by atoms with E-state index in [0.29, 0.717) is 6.54 Å². The Bertz CT molecular complexity index is 611. The number of aryl methyl sites for hydroxylation is 3. The molecule has 0 saturated heterocycles. The molecule has 0 saturated carbocycles. The first kappa shape index (κ1) is 15.5. The highest BCUT2D eigenvalue weighted by Gasteiger charge is 2.05. The van der Waals surface area contributed by atoms with Crippen LogP contribution in [0.4, 0.5) is 0 Å². The highest BCUT2D eigenvalue weighted by Crippen LogP contribution is 2.15. The minimum atomic E-state index is 0.701. The lowest BCUT2D eigenvalue weighted by Gasteiger charge is -2.12. The number of thiazole rings is 1. The Kier molecular flexibility index (Phi) is 5.33. The van der Waals surface area contributed by atoms with Crippen LogP contribution in [0.1, 0.15) is 26.7 Å². The van der Waals surface area contributed by atoms with E-state index < -0.39 is 0 Å². The Morgan fingerprint density at radius 3 is 2.48 bits per heavy atom. The van der Waals surface area contributed by atoms with Gasteiger partial charge in [0.05, 0.1) is 12.2 Å². The van der Waals surface area contributed by atoms with Gasteiger partial charge in [0.2, 0.25) is 0 Å². The largest absolute Gasteiger partial charge is 0.352 e. The number of benzene rings is 1. The predicted octanol–water partition coefficient (Wildman–Crippen LogP) is 2.93. The fourth-order valence-electron chi connectivity index (χ4n) is 1.98. The zero-order chi connectivity index (χ0) is 15.2. The van der Waals surface area contributed by atoms with Crippen LogP contribution in [0, 0.1) is 20.8 Å². The molecule has 21 heavy (non-hydrogen) atoms. The highest BCUT2D eigenvalue weighted by molar-refractivity contribution is 7.11. The summed E-state index contributed by atoms with van der Waals surface area (Å²) in [6.45, 7) is 7.73. The van der Waals surface area contributed by atoms with Crippen molar-refractivity contribution >= 4 is 17.3 Å². The van der Waals surface area contributed by atoms with Gasteiger partial charge >= 0.3 is 0 Å². The molecule has 0 aliphatic heterocycles. The second kappa shape index (κ2) is 7.22. The fourth-order valence-corrected chi connectivity index (χ4v) is 2.86. The normalized spacial score (nSPS) is 11.5. The molecule has 0 fully saturated rings. The van der Waals surface area contributed by atoms with Crippen molar-refractivity contribution in [1.29, 1.82) is 0 Å². The molecule has 0 atom stereocenters. The van der Waals surface area contributed by atoms with Crippen molar-refractivity contribution in [1.82, 2.24) is 15.6 Å². The van der Waals surface area contributed by atoms with E-state index in [9.17, 15) is 0 Å². The van der Waals surface area contributed by atoms with Gasteiger partial charge < -0.3 is 10.6 Å². The smallest absolute Gasteiger partial charge is 0.191 e. The Labute approximate surface area is 130 Å². The minimum Gasteiger partial charge on any atom is -0.352 e. The summed E-state index contributed by atoms with van der Waals surface area (Å²) in [7, 11) is 1.78. The van der Waals surface area contributed by atoms with Crippen molar-refractivity contribution in [2.45, 2.75) is 33.9 Å². The van der Waals surface area contributed by atoms with Gasteiger partial charge in [0, 0.05) is 18.5 Å². The maximum atomic E-state index is 4.52.